The third-order valence-corrected chi connectivity index (χ3v) is 3.56. The summed E-state index contributed by atoms with van der Waals surface area (Å²) in [7, 11) is 0. The van der Waals surface area contributed by atoms with E-state index < -0.39 is 5.82 Å². The molecule has 0 spiro atoms. The van der Waals surface area contributed by atoms with Gasteiger partial charge in [0, 0.05) is 16.6 Å². The molecule has 0 radical (unpaired) electrons. The van der Waals surface area contributed by atoms with Crippen LogP contribution >= 0.6 is 39.1 Å². The number of benzene rings is 2. The number of halogens is 5. The molecule has 0 atom stereocenters. The molecule has 0 heterocycles. The van der Waals surface area contributed by atoms with Crippen molar-refractivity contribution in [3.05, 3.63) is 62.0 Å². The summed E-state index contributed by atoms with van der Waals surface area (Å²) in [5.74, 6) is -0.862. The molecule has 100 valence electrons. The fourth-order valence-electron chi connectivity index (χ4n) is 1.57. The predicted octanol–water partition coefficient (Wildman–Crippen LogP) is 5.65. The Morgan fingerprint density at radius 3 is 2.32 bits per heavy atom. The minimum absolute atomic E-state index is 0.153. The maximum Gasteiger partial charge on any atom is 0.128 e. The van der Waals surface area contributed by atoms with E-state index >= 15 is 0 Å². The van der Waals surface area contributed by atoms with Gasteiger partial charge < -0.3 is 5.32 Å². The van der Waals surface area contributed by atoms with Gasteiger partial charge in [-0.05, 0) is 30.3 Å². The Bertz CT molecular complexity index is 597. The highest BCUT2D eigenvalue weighted by Crippen LogP contribution is 2.32. The highest BCUT2D eigenvalue weighted by molar-refractivity contribution is 9.10. The average Bonchev–Trinajstić information content (AvgIpc) is 2.32. The summed E-state index contributed by atoms with van der Waals surface area (Å²) >= 11 is 15.0. The van der Waals surface area contributed by atoms with E-state index in [1.807, 2.05) is 0 Å². The second-order valence-corrected chi connectivity index (χ2v) is 5.56. The number of hydrogen-bond acceptors (Lipinski definition) is 1. The third-order valence-electron chi connectivity index (χ3n) is 2.47. The molecule has 0 fully saturated rings. The molecule has 1 nitrogen and oxygen atoms in total. The first kappa shape index (κ1) is 14.6. The summed E-state index contributed by atoms with van der Waals surface area (Å²) < 4.78 is 27.3. The van der Waals surface area contributed by atoms with E-state index in [1.54, 1.807) is 12.1 Å². The molecule has 0 amide bonds. The van der Waals surface area contributed by atoms with Crippen LogP contribution in [0, 0.1) is 11.6 Å². The lowest BCUT2D eigenvalue weighted by Crippen LogP contribution is -2.03. The van der Waals surface area contributed by atoms with Gasteiger partial charge in [-0.2, -0.15) is 0 Å². The Labute approximate surface area is 127 Å². The minimum atomic E-state index is -0.519. The van der Waals surface area contributed by atoms with Gasteiger partial charge in [-0.3, -0.25) is 0 Å². The van der Waals surface area contributed by atoms with Gasteiger partial charge in [-0.1, -0.05) is 39.1 Å². The molecule has 19 heavy (non-hydrogen) atoms. The highest BCUT2D eigenvalue weighted by Gasteiger charge is 2.09. The lowest BCUT2D eigenvalue weighted by Gasteiger charge is -2.11. The Kier molecular flexibility index (Phi) is 4.66. The van der Waals surface area contributed by atoms with Crippen molar-refractivity contribution in [2.24, 2.45) is 0 Å². The van der Waals surface area contributed by atoms with E-state index in [-0.39, 0.29) is 22.4 Å². The summed E-state index contributed by atoms with van der Waals surface area (Å²) in [6, 6.07) is 6.90. The zero-order valence-electron chi connectivity index (χ0n) is 9.48. The summed E-state index contributed by atoms with van der Waals surface area (Å²) in [6.45, 7) is 0.191. The molecule has 0 unspecified atom stereocenters. The van der Waals surface area contributed by atoms with Gasteiger partial charge in [-0.15, -0.1) is 0 Å². The predicted molar refractivity (Wildman–Crippen MR) is 77.8 cm³/mol. The number of hydrogen-bond donors (Lipinski definition) is 1. The molecular formula is C13H8BrCl2F2N. The second kappa shape index (κ2) is 6.07. The van der Waals surface area contributed by atoms with Crippen molar-refractivity contribution >= 4 is 44.8 Å². The number of nitrogens with one attached hydrogen (secondary N) is 1. The van der Waals surface area contributed by atoms with Crippen molar-refractivity contribution in [1.29, 1.82) is 0 Å². The number of rotatable bonds is 3. The Balaban J connectivity index is 2.21. The van der Waals surface area contributed by atoms with Gasteiger partial charge in [0.05, 0.1) is 15.7 Å². The van der Waals surface area contributed by atoms with Gasteiger partial charge in [0.1, 0.15) is 11.6 Å². The van der Waals surface area contributed by atoms with Crippen molar-refractivity contribution in [2.75, 3.05) is 5.32 Å². The van der Waals surface area contributed by atoms with E-state index in [2.05, 4.69) is 21.2 Å². The Morgan fingerprint density at radius 2 is 1.68 bits per heavy atom. The van der Waals surface area contributed by atoms with E-state index in [4.69, 9.17) is 23.2 Å². The van der Waals surface area contributed by atoms with Crippen molar-refractivity contribution < 1.29 is 8.78 Å². The van der Waals surface area contributed by atoms with Gasteiger partial charge in [0.25, 0.3) is 0 Å². The fraction of sp³-hybridized carbons (Fsp3) is 0.0769. The lowest BCUT2D eigenvalue weighted by atomic mass is 10.2. The first-order valence-electron chi connectivity index (χ1n) is 5.29. The molecule has 0 aliphatic heterocycles. The summed E-state index contributed by atoms with van der Waals surface area (Å²) in [6.07, 6.45) is 0. The molecule has 0 aromatic heterocycles. The smallest absolute Gasteiger partial charge is 0.128 e. The van der Waals surface area contributed by atoms with Gasteiger partial charge >= 0.3 is 0 Å². The summed E-state index contributed by atoms with van der Waals surface area (Å²) in [5, 5.41) is 3.21. The monoisotopic (exact) mass is 365 g/mol. The van der Waals surface area contributed by atoms with E-state index in [9.17, 15) is 8.78 Å². The Hall–Kier alpha value is -0.840. The molecule has 0 saturated carbocycles. The van der Waals surface area contributed by atoms with Gasteiger partial charge in [-0.25, -0.2) is 8.78 Å². The van der Waals surface area contributed by atoms with Crippen LogP contribution < -0.4 is 5.32 Å². The van der Waals surface area contributed by atoms with Crippen molar-refractivity contribution in [3.8, 4) is 0 Å². The van der Waals surface area contributed by atoms with Crippen LogP contribution in [0.1, 0.15) is 5.56 Å². The van der Waals surface area contributed by atoms with E-state index in [0.717, 1.165) is 16.6 Å². The van der Waals surface area contributed by atoms with Crippen LogP contribution in [0.2, 0.25) is 10.0 Å². The van der Waals surface area contributed by atoms with Crippen LogP contribution in [0.25, 0.3) is 0 Å². The van der Waals surface area contributed by atoms with E-state index in [1.165, 1.54) is 6.07 Å². The molecule has 2 aromatic carbocycles. The van der Waals surface area contributed by atoms with Gasteiger partial charge in [0.2, 0.25) is 0 Å². The van der Waals surface area contributed by atoms with Crippen LogP contribution in [0.4, 0.5) is 14.5 Å². The van der Waals surface area contributed by atoms with Crippen molar-refractivity contribution in [1.82, 2.24) is 0 Å². The zero-order chi connectivity index (χ0) is 14.0. The largest absolute Gasteiger partial charge is 0.378 e. The zero-order valence-corrected chi connectivity index (χ0v) is 12.6. The van der Waals surface area contributed by atoms with E-state index in [0.29, 0.717) is 11.3 Å². The first-order chi connectivity index (χ1) is 8.97. The minimum Gasteiger partial charge on any atom is -0.378 e. The second-order valence-electron chi connectivity index (χ2n) is 3.83. The van der Waals surface area contributed by atoms with Crippen LogP contribution in [0.3, 0.4) is 0 Å². The van der Waals surface area contributed by atoms with Crippen LogP contribution in [-0.4, -0.2) is 0 Å². The molecule has 0 aliphatic carbocycles. The third kappa shape index (κ3) is 3.59. The lowest BCUT2D eigenvalue weighted by molar-refractivity contribution is 0.612. The van der Waals surface area contributed by atoms with Crippen LogP contribution in [0.5, 0.6) is 0 Å². The highest BCUT2D eigenvalue weighted by atomic mass is 79.9. The van der Waals surface area contributed by atoms with Crippen molar-refractivity contribution in [2.45, 2.75) is 6.54 Å². The first-order valence-corrected chi connectivity index (χ1v) is 6.84. The summed E-state index contributed by atoms with van der Waals surface area (Å²) in [4.78, 5) is 0. The van der Waals surface area contributed by atoms with Crippen LogP contribution in [-0.2, 0) is 6.54 Å². The topological polar surface area (TPSA) is 12.0 Å². The molecule has 1 N–H and O–H groups in total. The van der Waals surface area contributed by atoms with Gasteiger partial charge in [0.15, 0.2) is 0 Å². The summed E-state index contributed by atoms with van der Waals surface area (Å²) in [5.41, 5.74) is 0.829. The normalized spacial score (nSPS) is 10.6. The Morgan fingerprint density at radius 1 is 1.05 bits per heavy atom. The molecule has 0 saturated heterocycles. The molecule has 0 aliphatic rings. The average molecular weight is 367 g/mol. The SMILES string of the molecule is Fc1cc(Cl)c(NCc2cc(Br)ccc2F)c(Cl)c1. The fourth-order valence-corrected chi connectivity index (χ4v) is 2.58. The number of anilines is 1. The van der Waals surface area contributed by atoms with Crippen LogP contribution in [0.15, 0.2) is 34.8 Å². The molecular weight excluding hydrogens is 359 g/mol. The maximum atomic E-state index is 13.6. The standard InChI is InChI=1S/C13H8BrCl2F2N/c14-8-1-2-12(18)7(3-8)6-19-13-10(15)4-9(17)5-11(13)16/h1-5,19H,6H2. The molecule has 2 rings (SSSR count). The quantitative estimate of drug-likeness (QED) is 0.740. The van der Waals surface area contributed by atoms with Crippen molar-refractivity contribution in [3.63, 3.8) is 0 Å². The molecule has 2 aromatic rings. The maximum absolute atomic E-state index is 13.6. The molecule has 6 heteroatoms. The molecule has 0 bridgehead atoms.